The van der Waals surface area contributed by atoms with Crippen molar-refractivity contribution in [1.82, 2.24) is 0 Å². The number of rotatable bonds is 9. The highest BCUT2D eigenvalue weighted by Crippen LogP contribution is 2.27. The monoisotopic (exact) mass is 366 g/mol. The maximum atomic E-state index is 6.06. The molecule has 2 heteroatoms. The first-order valence-corrected chi connectivity index (χ1v) is 10.7. The fraction of sp³-hybridized carbons (Fsp3) is 0.520. The lowest BCUT2D eigenvalue weighted by molar-refractivity contribution is -0.137. The largest absolute Gasteiger partial charge is 0.373 e. The maximum Gasteiger partial charge on any atom is 0.106 e. The summed E-state index contributed by atoms with van der Waals surface area (Å²) in [5.41, 5.74) is 5.19. The Kier molecular flexibility index (Phi) is 7.92. The fourth-order valence-corrected chi connectivity index (χ4v) is 3.67. The molecule has 27 heavy (non-hydrogen) atoms. The van der Waals surface area contributed by atoms with Crippen molar-refractivity contribution in [2.75, 3.05) is 13.2 Å². The highest BCUT2D eigenvalue weighted by Gasteiger charge is 2.23. The van der Waals surface area contributed by atoms with Crippen molar-refractivity contribution >= 4 is 0 Å². The Labute approximate surface area is 164 Å². The molecule has 0 amide bonds. The van der Waals surface area contributed by atoms with Crippen molar-refractivity contribution in [1.29, 1.82) is 0 Å². The van der Waals surface area contributed by atoms with Crippen molar-refractivity contribution in [3.63, 3.8) is 0 Å². The number of aryl methyl sites for hydroxylation is 1. The highest BCUT2D eigenvalue weighted by atomic mass is 16.6. The molecule has 0 unspecified atom stereocenters. The average Bonchev–Trinajstić information content (AvgIpc) is 2.73. The second-order valence-electron chi connectivity index (χ2n) is 7.70. The van der Waals surface area contributed by atoms with Crippen LogP contribution in [0, 0.1) is 0 Å². The van der Waals surface area contributed by atoms with Gasteiger partial charge in [0.05, 0.1) is 19.3 Å². The fourth-order valence-electron chi connectivity index (χ4n) is 3.67. The van der Waals surface area contributed by atoms with Crippen LogP contribution in [0.15, 0.2) is 48.5 Å². The minimum atomic E-state index is 0.0675. The van der Waals surface area contributed by atoms with Crippen LogP contribution < -0.4 is 0 Å². The Balaban J connectivity index is 1.54. The summed E-state index contributed by atoms with van der Waals surface area (Å²) in [6.45, 7) is 5.85. The van der Waals surface area contributed by atoms with Crippen molar-refractivity contribution in [3.8, 4) is 11.1 Å². The van der Waals surface area contributed by atoms with Gasteiger partial charge in [0.25, 0.3) is 0 Å². The van der Waals surface area contributed by atoms with Gasteiger partial charge in [0, 0.05) is 0 Å². The van der Waals surface area contributed by atoms with Crippen LogP contribution in [0.5, 0.6) is 0 Å². The summed E-state index contributed by atoms with van der Waals surface area (Å²) < 4.78 is 12.0. The third-order valence-corrected chi connectivity index (χ3v) is 5.48. The van der Waals surface area contributed by atoms with E-state index in [-0.39, 0.29) is 12.2 Å². The highest BCUT2D eigenvalue weighted by molar-refractivity contribution is 5.64. The summed E-state index contributed by atoms with van der Waals surface area (Å²) in [4.78, 5) is 0. The number of ether oxygens (including phenoxy) is 2. The van der Waals surface area contributed by atoms with E-state index < -0.39 is 0 Å². The van der Waals surface area contributed by atoms with Crippen molar-refractivity contribution in [2.24, 2.45) is 0 Å². The summed E-state index contributed by atoms with van der Waals surface area (Å²) in [7, 11) is 0. The van der Waals surface area contributed by atoms with E-state index in [0.29, 0.717) is 13.2 Å². The van der Waals surface area contributed by atoms with Gasteiger partial charge in [-0.1, -0.05) is 88.1 Å². The topological polar surface area (TPSA) is 18.5 Å². The summed E-state index contributed by atoms with van der Waals surface area (Å²) in [5.74, 6) is 0. The molecular weight excluding hydrogens is 332 g/mol. The van der Waals surface area contributed by atoms with E-state index >= 15 is 0 Å². The van der Waals surface area contributed by atoms with Gasteiger partial charge in [-0.25, -0.2) is 0 Å². The van der Waals surface area contributed by atoms with Crippen LogP contribution in [0.2, 0.25) is 0 Å². The van der Waals surface area contributed by atoms with Gasteiger partial charge in [-0.15, -0.1) is 0 Å². The lowest BCUT2D eigenvalue weighted by atomic mass is 9.99. The van der Waals surface area contributed by atoms with Crippen LogP contribution in [0.3, 0.4) is 0 Å². The Hall–Kier alpha value is -1.64. The van der Waals surface area contributed by atoms with E-state index in [9.17, 15) is 0 Å². The first kappa shape index (κ1) is 20.1. The minimum absolute atomic E-state index is 0.0675. The van der Waals surface area contributed by atoms with Crippen LogP contribution in [0.25, 0.3) is 11.1 Å². The summed E-state index contributed by atoms with van der Waals surface area (Å²) >= 11 is 0. The molecule has 0 radical (unpaired) electrons. The molecule has 0 saturated carbocycles. The van der Waals surface area contributed by atoms with Gasteiger partial charge in [-0.2, -0.15) is 0 Å². The van der Waals surface area contributed by atoms with Gasteiger partial charge >= 0.3 is 0 Å². The molecule has 1 aliphatic heterocycles. The lowest BCUT2D eigenvalue weighted by Gasteiger charge is -2.30. The van der Waals surface area contributed by atoms with Crippen LogP contribution in [-0.4, -0.2) is 19.3 Å². The average molecular weight is 367 g/mol. The maximum absolute atomic E-state index is 6.06. The molecule has 1 saturated heterocycles. The van der Waals surface area contributed by atoms with E-state index in [4.69, 9.17) is 9.47 Å². The molecular formula is C25H34O2. The molecule has 2 atom stereocenters. The summed E-state index contributed by atoms with van der Waals surface area (Å²) in [5, 5.41) is 0. The number of hydrogen-bond donors (Lipinski definition) is 0. The van der Waals surface area contributed by atoms with Gasteiger partial charge in [0.2, 0.25) is 0 Å². The quantitative estimate of drug-likeness (QED) is 0.458. The van der Waals surface area contributed by atoms with Gasteiger partial charge in [0.15, 0.2) is 0 Å². The predicted octanol–water partition coefficient (Wildman–Crippen LogP) is 6.73. The number of hydrogen-bond acceptors (Lipinski definition) is 2. The molecule has 0 spiro atoms. The minimum Gasteiger partial charge on any atom is -0.373 e. The molecule has 146 valence electrons. The van der Waals surface area contributed by atoms with Gasteiger partial charge < -0.3 is 9.47 Å². The zero-order chi connectivity index (χ0) is 18.9. The second-order valence-corrected chi connectivity index (χ2v) is 7.70. The van der Waals surface area contributed by atoms with Crippen molar-refractivity contribution in [2.45, 2.75) is 71.0 Å². The first-order valence-electron chi connectivity index (χ1n) is 10.7. The van der Waals surface area contributed by atoms with Crippen LogP contribution in [-0.2, 0) is 15.9 Å². The van der Waals surface area contributed by atoms with Gasteiger partial charge in [-0.05, 0) is 41.5 Å². The second kappa shape index (κ2) is 10.6. The molecule has 0 N–H and O–H groups in total. The molecule has 2 aromatic carbocycles. The van der Waals surface area contributed by atoms with E-state index in [2.05, 4.69) is 62.4 Å². The molecule has 1 fully saturated rings. The van der Waals surface area contributed by atoms with E-state index in [1.807, 2.05) is 0 Å². The molecule has 0 bridgehead atoms. The third-order valence-electron chi connectivity index (χ3n) is 5.48. The Morgan fingerprint density at radius 1 is 0.741 bits per heavy atom. The van der Waals surface area contributed by atoms with Crippen LogP contribution >= 0.6 is 0 Å². The molecule has 2 aromatic rings. The molecule has 0 aliphatic carbocycles. The first-order chi connectivity index (χ1) is 13.3. The third kappa shape index (κ3) is 5.92. The van der Waals surface area contributed by atoms with Crippen LogP contribution in [0.1, 0.15) is 69.6 Å². The Morgan fingerprint density at radius 2 is 1.41 bits per heavy atom. The molecule has 2 nitrogen and oxygen atoms in total. The van der Waals surface area contributed by atoms with E-state index in [1.54, 1.807) is 0 Å². The Morgan fingerprint density at radius 3 is 2.00 bits per heavy atom. The number of benzene rings is 2. The molecule has 0 aromatic heterocycles. The SMILES string of the molecule is CCCCCc1ccc(-c2ccc([C@@H]3CO[C@@H](CCCC)CO3)cc2)cc1. The Bertz CT molecular complexity index is 652. The van der Waals surface area contributed by atoms with Crippen molar-refractivity contribution < 1.29 is 9.47 Å². The zero-order valence-electron chi connectivity index (χ0n) is 17.0. The predicted molar refractivity (Wildman–Crippen MR) is 113 cm³/mol. The smallest absolute Gasteiger partial charge is 0.106 e. The normalized spacial score (nSPS) is 19.9. The number of unbranched alkanes of at least 4 members (excludes halogenated alkanes) is 3. The molecule has 1 aliphatic rings. The molecule has 3 rings (SSSR count). The molecule has 1 heterocycles. The zero-order valence-corrected chi connectivity index (χ0v) is 17.0. The lowest BCUT2D eigenvalue weighted by Crippen LogP contribution is -2.31. The summed E-state index contributed by atoms with van der Waals surface area (Å²) in [6, 6.07) is 17.8. The van der Waals surface area contributed by atoms with Crippen molar-refractivity contribution in [3.05, 3.63) is 59.7 Å². The van der Waals surface area contributed by atoms with E-state index in [0.717, 1.165) is 6.42 Å². The van der Waals surface area contributed by atoms with E-state index in [1.165, 1.54) is 60.8 Å². The standard InChI is InChI=1S/C25H34O2/c1-3-5-7-8-20-10-12-21(13-11-20)22-14-16-23(17-15-22)25-19-26-24(18-27-25)9-6-4-2/h10-17,24-25H,3-9,18-19H2,1-2H3/t24-,25-/m0/s1. The van der Waals surface area contributed by atoms with Crippen LogP contribution in [0.4, 0.5) is 0 Å². The van der Waals surface area contributed by atoms with Gasteiger partial charge in [-0.3, -0.25) is 0 Å². The summed E-state index contributed by atoms with van der Waals surface area (Å²) in [6.07, 6.45) is 8.94. The van der Waals surface area contributed by atoms with Gasteiger partial charge in [0.1, 0.15) is 6.10 Å².